The van der Waals surface area contributed by atoms with Crippen LogP contribution in [0.2, 0.25) is 0 Å². The Kier molecular flexibility index (Phi) is 11.0. The Morgan fingerprint density at radius 1 is 1.18 bits per heavy atom. The van der Waals surface area contributed by atoms with Gasteiger partial charge in [-0.1, -0.05) is 12.1 Å². The number of nitrogens with one attached hydrogen (secondary N) is 3. The Hall–Kier alpha value is -1.77. The summed E-state index contributed by atoms with van der Waals surface area (Å²) in [6, 6.07) is 6.49. The monoisotopic (exact) mass is 499 g/mol. The average molecular weight is 499 g/mol. The fraction of sp³-hybridized carbons (Fsp3) is 0.524. The molecule has 1 aromatic carbocycles. The summed E-state index contributed by atoms with van der Waals surface area (Å²) in [5.74, 6) is 0.925. The first-order valence-corrected chi connectivity index (χ1v) is 9.95. The third kappa shape index (κ3) is 7.00. The molecular formula is C21H34IN5O. The molecule has 0 spiro atoms. The second-order valence-electron chi connectivity index (χ2n) is 6.62. The Bertz CT molecular complexity index is 767. The van der Waals surface area contributed by atoms with Crippen molar-refractivity contribution < 1.29 is 4.79 Å². The molecule has 2 aromatic rings. The van der Waals surface area contributed by atoms with Gasteiger partial charge in [0.1, 0.15) is 0 Å². The molecule has 1 heterocycles. The minimum atomic E-state index is 0. The summed E-state index contributed by atoms with van der Waals surface area (Å²) in [5.41, 5.74) is 3.74. The van der Waals surface area contributed by atoms with Gasteiger partial charge in [0.25, 0.3) is 0 Å². The molecule has 0 fully saturated rings. The van der Waals surface area contributed by atoms with Crippen molar-refractivity contribution in [2.75, 3.05) is 32.7 Å². The second-order valence-corrected chi connectivity index (χ2v) is 6.62. The molecule has 28 heavy (non-hydrogen) atoms. The minimum Gasteiger partial charge on any atom is -0.361 e. The molecule has 2 rings (SSSR count). The van der Waals surface area contributed by atoms with Crippen LogP contribution in [0, 0.1) is 6.92 Å². The van der Waals surface area contributed by atoms with Crippen LogP contribution in [0.5, 0.6) is 0 Å². The van der Waals surface area contributed by atoms with E-state index in [4.69, 9.17) is 0 Å². The van der Waals surface area contributed by atoms with Crippen molar-refractivity contribution in [3.05, 3.63) is 35.5 Å². The Balaban J connectivity index is 0.00000392. The summed E-state index contributed by atoms with van der Waals surface area (Å²) in [4.78, 5) is 21.8. The van der Waals surface area contributed by atoms with Crippen LogP contribution in [-0.2, 0) is 11.2 Å². The van der Waals surface area contributed by atoms with Crippen LogP contribution < -0.4 is 10.6 Å². The van der Waals surface area contributed by atoms with E-state index in [1.807, 2.05) is 25.7 Å². The number of hydrogen-bond acceptors (Lipinski definition) is 2. The summed E-state index contributed by atoms with van der Waals surface area (Å²) >= 11 is 0. The van der Waals surface area contributed by atoms with Crippen molar-refractivity contribution in [2.45, 2.75) is 40.5 Å². The lowest BCUT2D eigenvalue weighted by molar-refractivity contribution is -0.130. The molecule has 0 saturated heterocycles. The van der Waals surface area contributed by atoms with Gasteiger partial charge in [0.2, 0.25) is 5.91 Å². The van der Waals surface area contributed by atoms with Crippen LogP contribution in [0.1, 0.15) is 38.3 Å². The number of carbonyl (C=O) groups excluding carboxylic acids is 1. The number of nitrogens with zero attached hydrogens (tertiary/aromatic N) is 2. The molecule has 0 atom stereocenters. The fourth-order valence-corrected chi connectivity index (χ4v) is 3.16. The first-order valence-electron chi connectivity index (χ1n) is 9.95. The predicted octanol–water partition coefficient (Wildman–Crippen LogP) is 3.45. The number of aliphatic imine (C=N–C) groups is 1. The number of aromatic amines is 1. The molecule has 6 nitrogen and oxygen atoms in total. The number of aryl methyl sites for hydroxylation is 1. The van der Waals surface area contributed by atoms with Crippen molar-refractivity contribution in [1.29, 1.82) is 0 Å². The number of guanidine groups is 1. The number of carbonyl (C=O) groups is 1. The number of fused-ring (bicyclic) bond motifs is 1. The van der Waals surface area contributed by atoms with E-state index in [-0.39, 0.29) is 29.9 Å². The first-order chi connectivity index (χ1) is 13.1. The van der Waals surface area contributed by atoms with Gasteiger partial charge in [-0.15, -0.1) is 24.0 Å². The number of halogens is 1. The lowest BCUT2D eigenvalue weighted by atomic mass is 10.1. The zero-order valence-electron chi connectivity index (χ0n) is 17.5. The molecule has 0 aliphatic rings. The molecule has 0 radical (unpaired) electrons. The maximum Gasteiger partial charge on any atom is 0.224 e. The van der Waals surface area contributed by atoms with Crippen molar-refractivity contribution in [3.8, 4) is 0 Å². The lowest BCUT2D eigenvalue weighted by Crippen LogP contribution is -2.38. The number of hydrogen-bond donors (Lipinski definition) is 3. The third-order valence-electron chi connectivity index (χ3n) is 4.67. The average Bonchev–Trinajstić information content (AvgIpc) is 3.04. The van der Waals surface area contributed by atoms with Gasteiger partial charge in [-0.2, -0.15) is 0 Å². The first kappa shape index (κ1) is 24.3. The third-order valence-corrected chi connectivity index (χ3v) is 4.67. The highest BCUT2D eigenvalue weighted by Gasteiger charge is 2.09. The molecule has 3 N–H and O–H groups in total. The minimum absolute atomic E-state index is 0. The molecule has 0 unspecified atom stereocenters. The summed E-state index contributed by atoms with van der Waals surface area (Å²) < 4.78 is 0. The SMILES string of the molecule is CCNC(=NCCC(=O)N(CC)CC)NCCc1c[nH]c2cc(C)ccc12.I. The highest BCUT2D eigenvalue weighted by atomic mass is 127. The van der Waals surface area contributed by atoms with E-state index in [0.717, 1.165) is 38.6 Å². The van der Waals surface area contributed by atoms with Gasteiger partial charge < -0.3 is 20.5 Å². The Morgan fingerprint density at radius 3 is 2.61 bits per heavy atom. The highest BCUT2D eigenvalue weighted by molar-refractivity contribution is 14.0. The Labute approximate surface area is 185 Å². The van der Waals surface area contributed by atoms with E-state index in [0.29, 0.717) is 13.0 Å². The van der Waals surface area contributed by atoms with Crippen LogP contribution in [0.4, 0.5) is 0 Å². The maximum absolute atomic E-state index is 12.1. The van der Waals surface area contributed by atoms with Gasteiger partial charge in [0, 0.05) is 49.7 Å². The van der Waals surface area contributed by atoms with Crippen molar-refractivity contribution in [3.63, 3.8) is 0 Å². The van der Waals surface area contributed by atoms with Crippen LogP contribution in [0.15, 0.2) is 29.4 Å². The van der Waals surface area contributed by atoms with Gasteiger partial charge >= 0.3 is 0 Å². The molecule has 1 aromatic heterocycles. The van der Waals surface area contributed by atoms with E-state index < -0.39 is 0 Å². The summed E-state index contributed by atoms with van der Waals surface area (Å²) in [6.45, 7) is 11.7. The smallest absolute Gasteiger partial charge is 0.224 e. The van der Waals surface area contributed by atoms with E-state index in [1.54, 1.807) is 0 Å². The topological polar surface area (TPSA) is 72.5 Å². The van der Waals surface area contributed by atoms with Crippen molar-refractivity contribution in [2.24, 2.45) is 4.99 Å². The van der Waals surface area contributed by atoms with Crippen LogP contribution in [0.3, 0.4) is 0 Å². The predicted molar refractivity (Wildman–Crippen MR) is 129 cm³/mol. The van der Waals surface area contributed by atoms with Crippen molar-refractivity contribution >= 4 is 46.7 Å². The molecular weight excluding hydrogens is 465 g/mol. The summed E-state index contributed by atoms with van der Waals surface area (Å²) in [5, 5.41) is 7.88. The number of benzene rings is 1. The van der Waals surface area contributed by atoms with E-state index in [9.17, 15) is 4.79 Å². The van der Waals surface area contributed by atoms with Crippen LogP contribution >= 0.6 is 24.0 Å². The molecule has 0 aliphatic carbocycles. The maximum atomic E-state index is 12.1. The van der Waals surface area contributed by atoms with Crippen LogP contribution in [0.25, 0.3) is 10.9 Å². The summed E-state index contributed by atoms with van der Waals surface area (Å²) in [7, 11) is 0. The molecule has 156 valence electrons. The molecule has 0 saturated carbocycles. The standard InChI is InChI=1S/C21H33N5O.HI/c1-5-22-21(24-13-11-20(27)26(6-2)7-3)23-12-10-17-15-25-19-14-16(4)8-9-18(17)19;/h8-9,14-15,25H,5-7,10-13H2,1-4H3,(H2,22,23,24);1H. The quantitative estimate of drug-likeness (QED) is 0.281. The lowest BCUT2D eigenvalue weighted by Gasteiger charge is -2.18. The van der Waals surface area contributed by atoms with Gasteiger partial charge in [0.05, 0.1) is 6.54 Å². The van der Waals surface area contributed by atoms with Gasteiger partial charge in [0.15, 0.2) is 5.96 Å². The molecule has 0 aliphatic heterocycles. The number of aromatic nitrogens is 1. The van der Waals surface area contributed by atoms with Gasteiger partial charge in [-0.05, 0) is 51.3 Å². The Morgan fingerprint density at radius 2 is 1.93 bits per heavy atom. The number of amides is 1. The summed E-state index contributed by atoms with van der Waals surface area (Å²) in [6.07, 6.45) is 3.44. The fourth-order valence-electron chi connectivity index (χ4n) is 3.16. The van der Waals surface area contributed by atoms with Gasteiger partial charge in [-0.25, -0.2) is 0 Å². The zero-order valence-corrected chi connectivity index (χ0v) is 19.8. The van der Waals surface area contributed by atoms with Gasteiger partial charge in [-0.3, -0.25) is 9.79 Å². The zero-order chi connectivity index (χ0) is 19.6. The van der Waals surface area contributed by atoms with Crippen LogP contribution in [-0.4, -0.2) is 54.5 Å². The largest absolute Gasteiger partial charge is 0.361 e. The number of H-pyrrole nitrogens is 1. The number of rotatable bonds is 9. The van der Waals surface area contributed by atoms with E-state index in [1.165, 1.54) is 22.0 Å². The molecule has 7 heteroatoms. The van der Waals surface area contributed by atoms with E-state index >= 15 is 0 Å². The second kappa shape index (κ2) is 12.6. The van der Waals surface area contributed by atoms with Crippen molar-refractivity contribution in [1.82, 2.24) is 20.5 Å². The highest BCUT2D eigenvalue weighted by Crippen LogP contribution is 2.19. The van der Waals surface area contributed by atoms with E-state index in [2.05, 4.69) is 51.9 Å². The molecule has 1 amide bonds. The molecule has 0 bridgehead atoms. The normalized spacial score (nSPS) is 11.2.